The van der Waals surface area contributed by atoms with Crippen molar-refractivity contribution in [3.63, 3.8) is 0 Å². The maximum atomic E-state index is 12.5. The van der Waals surface area contributed by atoms with Crippen LogP contribution in [-0.2, 0) is 6.18 Å². The van der Waals surface area contributed by atoms with E-state index >= 15 is 0 Å². The zero-order valence-electron chi connectivity index (χ0n) is 10.2. The van der Waals surface area contributed by atoms with Gasteiger partial charge in [-0.05, 0) is 12.1 Å². The van der Waals surface area contributed by atoms with E-state index in [4.69, 9.17) is 0 Å². The average Bonchev–Trinajstić information content (AvgIpc) is 2.91. The van der Waals surface area contributed by atoms with Crippen LogP contribution in [0.25, 0.3) is 0 Å². The molecule has 0 radical (unpaired) electrons. The van der Waals surface area contributed by atoms with E-state index < -0.39 is 28.4 Å². The zero-order valence-corrected chi connectivity index (χ0v) is 10.2. The number of nitro groups is 1. The molecule has 1 aromatic heterocycles. The van der Waals surface area contributed by atoms with E-state index in [2.05, 4.69) is 10.3 Å². The fourth-order valence-corrected chi connectivity index (χ4v) is 1.52. The summed E-state index contributed by atoms with van der Waals surface area (Å²) in [5.41, 5.74) is -2.36. The number of carbonyl (C=O) groups is 1. The van der Waals surface area contributed by atoms with Crippen LogP contribution in [0.1, 0.15) is 5.56 Å². The van der Waals surface area contributed by atoms with Gasteiger partial charge in [-0.3, -0.25) is 14.7 Å². The van der Waals surface area contributed by atoms with Crippen LogP contribution in [0.3, 0.4) is 0 Å². The van der Waals surface area contributed by atoms with E-state index in [1.54, 1.807) is 0 Å². The van der Waals surface area contributed by atoms with Crippen LogP contribution in [0.2, 0.25) is 0 Å². The molecular formula is C11H7F3N4O3. The van der Waals surface area contributed by atoms with Crippen molar-refractivity contribution in [1.29, 1.82) is 0 Å². The molecule has 0 bridgehead atoms. The Morgan fingerprint density at radius 3 is 2.62 bits per heavy atom. The zero-order chi connectivity index (χ0) is 15.6. The summed E-state index contributed by atoms with van der Waals surface area (Å²) in [6.07, 6.45) is -0.977. The first-order chi connectivity index (χ1) is 9.79. The molecule has 10 heteroatoms. The molecule has 1 heterocycles. The molecule has 21 heavy (non-hydrogen) atoms. The number of amides is 1. The Morgan fingerprint density at radius 1 is 1.38 bits per heavy atom. The van der Waals surface area contributed by atoms with Crippen LogP contribution in [0.15, 0.2) is 36.9 Å². The number of halogens is 3. The number of benzene rings is 1. The molecule has 110 valence electrons. The van der Waals surface area contributed by atoms with Crippen molar-refractivity contribution in [2.24, 2.45) is 0 Å². The summed E-state index contributed by atoms with van der Waals surface area (Å²) in [4.78, 5) is 25.1. The van der Waals surface area contributed by atoms with Crippen LogP contribution in [-0.4, -0.2) is 20.5 Å². The molecule has 0 saturated heterocycles. The lowest BCUT2D eigenvalue weighted by atomic mass is 10.1. The number of hydrogen-bond acceptors (Lipinski definition) is 4. The molecule has 0 aliphatic carbocycles. The molecule has 7 nitrogen and oxygen atoms in total. The lowest BCUT2D eigenvalue weighted by Crippen LogP contribution is -2.19. The third-order valence-electron chi connectivity index (χ3n) is 2.50. The van der Waals surface area contributed by atoms with Gasteiger partial charge in [-0.25, -0.2) is 9.78 Å². The van der Waals surface area contributed by atoms with Gasteiger partial charge in [0.1, 0.15) is 12.0 Å². The molecule has 0 fully saturated rings. The van der Waals surface area contributed by atoms with Crippen molar-refractivity contribution in [2.75, 3.05) is 5.32 Å². The summed E-state index contributed by atoms with van der Waals surface area (Å²) < 4.78 is 38.6. The number of carbonyl (C=O) groups excluding carboxylic acids is 1. The number of hydrogen-bond donors (Lipinski definition) is 1. The Morgan fingerprint density at radius 2 is 2.10 bits per heavy atom. The predicted molar refractivity (Wildman–Crippen MR) is 64.7 cm³/mol. The van der Waals surface area contributed by atoms with Crippen LogP contribution in [0.4, 0.5) is 29.3 Å². The van der Waals surface area contributed by atoms with E-state index in [1.807, 2.05) is 0 Å². The highest BCUT2D eigenvalue weighted by Crippen LogP contribution is 2.34. The standard InChI is InChI=1S/C11H7F3N4O3/c12-11(13,14)7-1-2-8(9(5-7)18(20)21)16-10(19)17-4-3-15-6-17/h1-6H,(H,16,19). The van der Waals surface area contributed by atoms with Gasteiger partial charge in [0.05, 0.1) is 10.5 Å². The van der Waals surface area contributed by atoms with E-state index in [0.717, 1.165) is 17.0 Å². The molecule has 1 amide bonds. The third kappa shape index (κ3) is 3.16. The highest BCUT2D eigenvalue weighted by molar-refractivity contribution is 5.93. The second-order valence-corrected chi connectivity index (χ2v) is 3.89. The molecule has 0 atom stereocenters. The molecule has 1 N–H and O–H groups in total. The Bertz CT molecular complexity index is 683. The Balaban J connectivity index is 2.35. The van der Waals surface area contributed by atoms with E-state index in [9.17, 15) is 28.1 Å². The summed E-state index contributed by atoms with van der Waals surface area (Å²) >= 11 is 0. The van der Waals surface area contributed by atoms with Gasteiger partial charge in [0.2, 0.25) is 0 Å². The van der Waals surface area contributed by atoms with Gasteiger partial charge in [0.15, 0.2) is 0 Å². The van der Waals surface area contributed by atoms with Gasteiger partial charge in [0, 0.05) is 18.5 Å². The second kappa shape index (κ2) is 5.23. The highest BCUT2D eigenvalue weighted by atomic mass is 19.4. The van der Waals surface area contributed by atoms with Crippen molar-refractivity contribution in [3.8, 4) is 0 Å². The first-order valence-electron chi connectivity index (χ1n) is 5.44. The van der Waals surface area contributed by atoms with Crippen LogP contribution in [0, 0.1) is 10.1 Å². The normalized spacial score (nSPS) is 11.2. The van der Waals surface area contributed by atoms with Gasteiger partial charge < -0.3 is 5.32 Å². The number of aromatic nitrogens is 2. The smallest absolute Gasteiger partial charge is 0.301 e. The molecule has 0 unspecified atom stereocenters. The van der Waals surface area contributed by atoms with Crippen molar-refractivity contribution in [3.05, 3.63) is 52.6 Å². The minimum absolute atomic E-state index is 0.341. The van der Waals surface area contributed by atoms with Crippen LogP contribution in [0.5, 0.6) is 0 Å². The first-order valence-corrected chi connectivity index (χ1v) is 5.44. The van der Waals surface area contributed by atoms with Crippen molar-refractivity contribution in [2.45, 2.75) is 6.18 Å². The van der Waals surface area contributed by atoms with E-state index in [1.165, 1.54) is 12.4 Å². The lowest BCUT2D eigenvalue weighted by molar-refractivity contribution is -0.384. The fraction of sp³-hybridized carbons (Fsp3) is 0.0909. The Kier molecular flexibility index (Phi) is 3.61. The quantitative estimate of drug-likeness (QED) is 0.682. The molecular weight excluding hydrogens is 293 g/mol. The number of rotatable bonds is 2. The van der Waals surface area contributed by atoms with Crippen LogP contribution >= 0.6 is 0 Å². The first kappa shape index (κ1) is 14.5. The van der Waals surface area contributed by atoms with Gasteiger partial charge >= 0.3 is 12.2 Å². The van der Waals surface area contributed by atoms with Gasteiger partial charge in [-0.1, -0.05) is 0 Å². The SMILES string of the molecule is O=C(Nc1ccc(C(F)(F)F)cc1[N+](=O)[O-])n1ccnc1. The lowest BCUT2D eigenvalue weighted by Gasteiger charge is -2.09. The fourth-order valence-electron chi connectivity index (χ4n) is 1.52. The molecule has 0 saturated carbocycles. The maximum Gasteiger partial charge on any atom is 0.416 e. The number of anilines is 1. The molecule has 0 aliphatic heterocycles. The summed E-state index contributed by atoms with van der Waals surface area (Å²) in [7, 11) is 0. The number of imidazole rings is 1. The van der Waals surface area contributed by atoms with Crippen molar-refractivity contribution >= 4 is 17.4 Å². The van der Waals surface area contributed by atoms with Gasteiger partial charge in [-0.15, -0.1) is 0 Å². The van der Waals surface area contributed by atoms with Crippen molar-refractivity contribution in [1.82, 2.24) is 9.55 Å². The van der Waals surface area contributed by atoms with Gasteiger partial charge in [0.25, 0.3) is 5.69 Å². The second-order valence-electron chi connectivity index (χ2n) is 3.89. The molecule has 2 aromatic rings. The molecule has 2 rings (SSSR count). The predicted octanol–water partition coefficient (Wildman–Crippen LogP) is 2.89. The summed E-state index contributed by atoms with van der Waals surface area (Å²) in [6, 6.07) is 1.06. The molecule has 0 aliphatic rings. The van der Waals surface area contributed by atoms with E-state index in [-0.39, 0.29) is 5.69 Å². The van der Waals surface area contributed by atoms with Crippen LogP contribution < -0.4 is 5.32 Å². The summed E-state index contributed by atoms with van der Waals surface area (Å²) in [6.45, 7) is 0. The average molecular weight is 300 g/mol. The minimum Gasteiger partial charge on any atom is -0.301 e. The minimum atomic E-state index is -4.71. The Labute approximate surface area is 115 Å². The van der Waals surface area contributed by atoms with Gasteiger partial charge in [-0.2, -0.15) is 13.2 Å². The Hall–Kier alpha value is -2.91. The number of alkyl halides is 3. The largest absolute Gasteiger partial charge is 0.416 e. The molecule has 1 aromatic carbocycles. The van der Waals surface area contributed by atoms with Crippen molar-refractivity contribution < 1.29 is 22.9 Å². The third-order valence-corrected chi connectivity index (χ3v) is 2.50. The molecule has 0 spiro atoms. The number of nitrogens with zero attached hydrogens (tertiary/aromatic N) is 3. The topological polar surface area (TPSA) is 90.1 Å². The number of nitrogens with one attached hydrogen (secondary N) is 1. The van der Waals surface area contributed by atoms with E-state index in [0.29, 0.717) is 12.1 Å². The number of nitro benzene ring substituents is 1. The monoisotopic (exact) mass is 300 g/mol. The summed E-state index contributed by atoms with van der Waals surface area (Å²) in [5.74, 6) is 0. The highest BCUT2D eigenvalue weighted by Gasteiger charge is 2.33. The summed E-state index contributed by atoms with van der Waals surface area (Å²) in [5, 5.41) is 13.0. The maximum absolute atomic E-state index is 12.5.